The summed E-state index contributed by atoms with van der Waals surface area (Å²) in [6.45, 7) is 15.5. The van der Waals surface area contributed by atoms with Crippen LogP contribution < -0.4 is 0 Å². The minimum absolute atomic E-state index is 0.00542. The normalized spacial score (nSPS) is 18.0. The summed E-state index contributed by atoms with van der Waals surface area (Å²) in [5.74, 6) is -3.08. The average molecular weight is 696 g/mol. The lowest BCUT2D eigenvalue weighted by molar-refractivity contribution is -0.171. The van der Waals surface area contributed by atoms with Crippen LogP contribution in [-0.4, -0.2) is 83.4 Å². The number of unbranched alkanes of at least 4 members (excludes halogenated alkanes) is 8. The first-order chi connectivity index (χ1) is 22.9. The minimum atomic E-state index is -1.50. The Morgan fingerprint density at radius 1 is 0.837 bits per heavy atom. The van der Waals surface area contributed by atoms with Crippen molar-refractivity contribution in [3.05, 3.63) is 12.2 Å². The van der Waals surface area contributed by atoms with Crippen LogP contribution in [0.4, 0.5) is 0 Å². The maximum atomic E-state index is 14.0. The molecule has 0 radical (unpaired) electrons. The number of aliphatic carboxylic acids is 1. The van der Waals surface area contributed by atoms with Crippen molar-refractivity contribution < 1.29 is 48.4 Å². The quantitative estimate of drug-likeness (QED) is 0.0428. The first kappa shape index (κ1) is 44.1. The Morgan fingerprint density at radius 2 is 1.37 bits per heavy atom. The highest BCUT2D eigenvalue weighted by Gasteiger charge is 2.52. The lowest BCUT2D eigenvalue weighted by Gasteiger charge is -2.42. The predicted molar refractivity (Wildman–Crippen MR) is 187 cm³/mol. The summed E-state index contributed by atoms with van der Waals surface area (Å²) >= 11 is 0. The van der Waals surface area contributed by atoms with Gasteiger partial charge in [0, 0.05) is 24.6 Å². The van der Waals surface area contributed by atoms with Crippen molar-refractivity contribution in [2.75, 3.05) is 26.4 Å². The Bertz CT molecular complexity index is 1110. The van der Waals surface area contributed by atoms with Gasteiger partial charge in [0.05, 0.1) is 22.9 Å². The van der Waals surface area contributed by atoms with E-state index in [-0.39, 0.29) is 49.8 Å². The molecular formula is C38H65NO10. The van der Waals surface area contributed by atoms with Gasteiger partial charge < -0.3 is 29.3 Å². The van der Waals surface area contributed by atoms with Gasteiger partial charge in [0.1, 0.15) is 19.3 Å². The van der Waals surface area contributed by atoms with Gasteiger partial charge in [-0.25, -0.2) is 4.79 Å². The molecule has 0 aromatic heterocycles. The molecule has 1 saturated heterocycles. The topological polar surface area (TPSA) is 157 Å². The van der Waals surface area contributed by atoms with Crippen LogP contribution in [0.1, 0.15) is 145 Å². The fraction of sp³-hybridized carbons (Fsp3) is 0.816. The van der Waals surface area contributed by atoms with Gasteiger partial charge >= 0.3 is 23.9 Å². The molecule has 0 bridgehead atoms. The second-order valence-corrected chi connectivity index (χ2v) is 15.0. The third-order valence-electron chi connectivity index (χ3n) is 9.87. The van der Waals surface area contributed by atoms with E-state index < -0.39 is 59.4 Å². The van der Waals surface area contributed by atoms with Gasteiger partial charge in [-0.3, -0.25) is 19.2 Å². The number of ether oxygens (including phenoxy) is 3. The van der Waals surface area contributed by atoms with Crippen LogP contribution in [0.5, 0.6) is 0 Å². The van der Waals surface area contributed by atoms with Crippen molar-refractivity contribution in [2.24, 2.45) is 16.2 Å². The third-order valence-corrected chi connectivity index (χ3v) is 9.87. The summed E-state index contributed by atoms with van der Waals surface area (Å²) in [6, 6.07) is -0.331. The fourth-order valence-corrected chi connectivity index (χ4v) is 6.85. The molecule has 1 heterocycles. The number of aliphatic hydroxyl groups is 1. The number of hydrogen-bond acceptors (Lipinski definition) is 9. The number of carbonyl (C=O) groups is 5. The molecule has 282 valence electrons. The summed E-state index contributed by atoms with van der Waals surface area (Å²) in [5, 5.41) is 20.5. The average Bonchev–Trinajstić information content (AvgIpc) is 3.48. The van der Waals surface area contributed by atoms with Crippen LogP contribution in [0.3, 0.4) is 0 Å². The maximum Gasteiger partial charge on any atom is 0.333 e. The van der Waals surface area contributed by atoms with Gasteiger partial charge in [0.25, 0.3) is 0 Å². The van der Waals surface area contributed by atoms with Crippen molar-refractivity contribution in [3.63, 3.8) is 0 Å². The van der Waals surface area contributed by atoms with E-state index in [1.165, 1.54) is 39.0 Å². The van der Waals surface area contributed by atoms with Crippen LogP contribution in [0.25, 0.3) is 0 Å². The lowest BCUT2D eigenvalue weighted by Crippen LogP contribution is -2.47. The Kier molecular flexibility index (Phi) is 19.2. The molecule has 5 atom stereocenters. The molecule has 1 aliphatic rings. The monoisotopic (exact) mass is 695 g/mol. The molecule has 1 fully saturated rings. The molecule has 1 amide bonds. The third kappa shape index (κ3) is 14.8. The predicted octanol–water partition coefficient (Wildman–Crippen LogP) is 6.78. The van der Waals surface area contributed by atoms with E-state index in [0.29, 0.717) is 19.4 Å². The second kappa shape index (κ2) is 21.3. The molecule has 1 aliphatic heterocycles. The first-order valence-electron chi connectivity index (χ1n) is 18.3. The molecule has 11 heteroatoms. The number of rotatable bonds is 26. The highest BCUT2D eigenvalue weighted by atomic mass is 16.6. The molecule has 49 heavy (non-hydrogen) atoms. The second-order valence-electron chi connectivity index (χ2n) is 15.0. The maximum absolute atomic E-state index is 14.0. The highest BCUT2D eigenvalue weighted by Crippen LogP contribution is 2.47. The standard InChI is InChI=1S/C38H65NO10/c1-9-11-12-13-14-15-16-17-18-22-47-34(45)37(7,23-29(5)39-21-19-20-31(39)41)27-38(8,26-36(6,10-2)33(43)44)35(46)49-25-30(40)24-48-32(42)28(3)4/h29-30,40H,3,9-27H2,1-2,4-8H3,(H,43,44). The Labute approximate surface area is 294 Å². The molecular weight excluding hydrogens is 630 g/mol. The number of carboxylic acids is 1. The van der Waals surface area contributed by atoms with Gasteiger partial charge in [-0.05, 0) is 73.1 Å². The molecule has 1 rings (SSSR count). The van der Waals surface area contributed by atoms with E-state index in [1.54, 1.807) is 32.6 Å². The summed E-state index contributed by atoms with van der Waals surface area (Å²) < 4.78 is 16.3. The van der Waals surface area contributed by atoms with Crippen molar-refractivity contribution in [1.82, 2.24) is 4.90 Å². The van der Waals surface area contributed by atoms with Gasteiger partial charge in [-0.15, -0.1) is 0 Å². The first-order valence-corrected chi connectivity index (χ1v) is 18.3. The molecule has 5 unspecified atom stereocenters. The van der Waals surface area contributed by atoms with E-state index in [1.807, 2.05) is 6.92 Å². The van der Waals surface area contributed by atoms with Gasteiger partial charge in [-0.1, -0.05) is 71.8 Å². The van der Waals surface area contributed by atoms with Crippen molar-refractivity contribution in [1.29, 1.82) is 0 Å². The Hall–Kier alpha value is -2.95. The van der Waals surface area contributed by atoms with Crippen molar-refractivity contribution >= 4 is 29.8 Å². The molecule has 0 spiro atoms. The Balaban J connectivity index is 3.21. The summed E-state index contributed by atoms with van der Waals surface area (Å²) in [7, 11) is 0. The van der Waals surface area contributed by atoms with Crippen LogP contribution >= 0.6 is 0 Å². The number of nitrogens with zero attached hydrogens (tertiary/aromatic N) is 1. The summed E-state index contributed by atoms with van der Waals surface area (Å²) in [5.41, 5.74) is -3.96. The number of carboxylic acid groups (broad SMARTS) is 1. The zero-order chi connectivity index (χ0) is 37.3. The number of carbonyl (C=O) groups excluding carboxylic acids is 4. The highest BCUT2D eigenvalue weighted by molar-refractivity contribution is 5.87. The largest absolute Gasteiger partial charge is 0.481 e. The Morgan fingerprint density at radius 3 is 1.88 bits per heavy atom. The fourth-order valence-electron chi connectivity index (χ4n) is 6.85. The molecule has 0 aromatic carbocycles. The number of likely N-dealkylation sites (tertiary alicyclic amines) is 1. The molecule has 0 aliphatic carbocycles. The number of hydrogen-bond donors (Lipinski definition) is 2. The molecule has 11 nitrogen and oxygen atoms in total. The summed E-state index contributed by atoms with van der Waals surface area (Å²) in [4.78, 5) is 66.4. The van der Waals surface area contributed by atoms with E-state index in [2.05, 4.69) is 13.5 Å². The van der Waals surface area contributed by atoms with Crippen molar-refractivity contribution in [2.45, 2.75) is 157 Å². The molecule has 2 N–H and O–H groups in total. The zero-order valence-corrected chi connectivity index (χ0v) is 31.4. The van der Waals surface area contributed by atoms with E-state index in [0.717, 1.165) is 25.7 Å². The summed E-state index contributed by atoms with van der Waals surface area (Å²) in [6.07, 6.45) is 9.99. The zero-order valence-electron chi connectivity index (χ0n) is 31.4. The van der Waals surface area contributed by atoms with Gasteiger partial charge in [0.15, 0.2) is 0 Å². The number of esters is 3. The van der Waals surface area contributed by atoms with Gasteiger partial charge in [0.2, 0.25) is 5.91 Å². The minimum Gasteiger partial charge on any atom is -0.481 e. The van der Waals surface area contributed by atoms with Gasteiger partial charge in [-0.2, -0.15) is 0 Å². The number of aliphatic hydroxyl groups excluding tert-OH is 1. The van der Waals surface area contributed by atoms with Crippen LogP contribution in [-0.2, 0) is 38.2 Å². The van der Waals surface area contributed by atoms with Crippen LogP contribution in [0, 0.1) is 16.2 Å². The SMILES string of the molecule is C=C(C)C(=O)OCC(O)COC(=O)C(C)(CC(C)(CC)C(=O)O)CC(C)(CC(C)N1CCCC1=O)C(=O)OCCCCCCCCCCC. The van der Waals surface area contributed by atoms with E-state index >= 15 is 0 Å². The smallest absolute Gasteiger partial charge is 0.333 e. The van der Waals surface area contributed by atoms with E-state index in [9.17, 15) is 34.2 Å². The van der Waals surface area contributed by atoms with E-state index in [4.69, 9.17) is 14.2 Å². The van der Waals surface area contributed by atoms with Crippen LogP contribution in [0.2, 0.25) is 0 Å². The van der Waals surface area contributed by atoms with Crippen molar-refractivity contribution in [3.8, 4) is 0 Å². The molecule has 0 saturated carbocycles. The molecule has 0 aromatic rings. The lowest BCUT2D eigenvalue weighted by atomic mass is 9.63. The number of amides is 1. The van der Waals surface area contributed by atoms with Crippen LogP contribution in [0.15, 0.2) is 12.2 Å².